The second kappa shape index (κ2) is 9.80. The Morgan fingerprint density at radius 2 is 1.79 bits per heavy atom. The summed E-state index contributed by atoms with van der Waals surface area (Å²) in [6.45, 7) is 2.68. The number of ether oxygens (including phenoxy) is 2. The van der Waals surface area contributed by atoms with Crippen molar-refractivity contribution in [3.63, 3.8) is 0 Å². The molecular weight excluding hydrogens is 378 g/mol. The summed E-state index contributed by atoms with van der Waals surface area (Å²) in [4.78, 5) is 14.2. The second-order valence-electron chi connectivity index (χ2n) is 5.69. The van der Waals surface area contributed by atoms with Crippen molar-refractivity contribution >= 4 is 23.4 Å². The number of nitrogens with zero attached hydrogens (tertiary/aromatic N) is 3. The van der Waals surface area contributed by atoms with E-state index in [1.165, 1.54) is 11.8 Å². The highest BCUT2D eigenvalue weighted by Crippen LogP contribution is 2.21. The first-order valence-corrected chi connectivity index (χ1v) is 9.75. The topological polar surface area (TPSA) is 77.7 Å². The van der Waals surface area contributed by atoms with E-state index in [0.717, 1.165) is 11.4 Å². The van der Waals surface area contributed by atoms with Crippen molar-refractivity contribution in [2.75, 3.05) is 24.3 Å². The molecule has 7 nitrogen and oxygen atoms in total. The first kappa shape index (κ1) is 19.8. The molecule has 0 aliphatic heterocycles. The van der Waals surface area contributed by atoms with Gasteiger partial charge in [-0.3, -0.25) is 4.79 Å². The summed E-state index contributed by atoms with van der Waals surface area (Å²) in [5, 5.41) is 8.25. The smallest absolute Gasteiger partial charge is 0.277 e. The minimum atomic E-state index is -0.0204. The summed E-state index contributed by atoms with van der Waals surface area (Å²) in [6, 6.07) is 16.8. The van der Waals surface area contributed by atoms with E-state index in [0.29, 0.717) is 23.4 Å². The summed E-state index contributed by atoms with van der Waals surface area (Å²) < 4.78 is 16.3. The third kappa shape index (κ3) is 5.26. The molecule has 0 unspecified atom stereocenters. The van der Waals surface area contributed by atoms with Gasteiger partial charge in [0.15, 0.2) is 6.61 Å². The van der Waals surface area contributed by atoms with Crippen LogP contribution in [0.2, 0.25) is 0 Å². The van der Waals surface area contributed by atoms with Crippen LogP contribution in [0.1, 0.15) is 12.8 Å². The Morgan fingerprint density at radius 3 is 2.46 bits per heavy atom. The highest BCUT2D eigenvalue weighted by Gasteiger charge is 2.16. The van der Waals surface area contributed by atoms with E-state index in [9.17, 15) is 4.79 Å². The number of aromatic nitrogens is 2. The monoisotopic (exact) mass is 399 g/mol. The van der Waals surface area contributed by atoms with E-state index >= 15 is 0 Å². The molecule has 146 valence electrons. The van der Waals surface area contributed by atoms with Gasteiger partial charge in [-0.25, -0.2) is 0 Å². The molecule has 0 saturated heterocycles. The maximum Gasteiger partial charge on any atom is 0.277 e. The van der Waals surface area contributed by atoms with Crippen molar-refractivity contribution < 1.29 is 18.7 Å². The molecule has 1 aromatic heterocycles. The summed E-state index contributed by atoms with van der Waals surface area (Å²) >= 11 is 1.21. The molecule has 0 fully saturated rings. The number of hydrogen-bond acceptors (Lipinski definition) is 7. The fourth-order valence-electron chi connectivity index (χ4n) is 2.48. The lowest BCUT2D eigenvalue weighted by Crippen LogP contribution is -2.32. The van der Waals surface area contributed by atoms with E-state index in [1.807, 2.05) is 49.4 Å². The first-order chi connectivity index (χ1) is 13.7. The normalized spacial score (nSPS) is 10.5. The van der Waals surface area contributed by atoms with Crippen LogP contribution in [0.15, 0.2) is 64.2 Å². The largest absolute Gasteiger partial charge is 0.497 e. The molecule has 0 bridgehead atoms. The van der Waals surface area contributed by atoms with Crippen LogP contribution in [0, 0.1) is 0 Å². The van der Waals surface area contributed by atoms with Gasteiger partial charge in [0.2, 0.25) is 5.91 Å². The SMILES string of the molecule is CCN(C(=O)CSc1nnc(COc2ccc(OC)cc2)o1)c1ccccc1. The molecule has 8 heteroatoms. The van der Waals surface area contributed by atoms with Gasteiger partial charge < -0.3 is 18.8 Å². The van der Waals surface area contributed by atoms with E-state index in [1.54, 1.807) is 24.1 Å². The maximum atomic E-state index is 12.5. The molecule has 0 N–H and O–H groups in total. The summed E-state index contributed by atoms with van der Waals surface area (Å²) in [7, 11) is 1.61. The van der Waals surface area contributed by atoms with Crippen molar-refractivity contribution in [1.29, 1.82) is 0 Å². The predicted molar refractivity (Wildman–Crippen MR) is 107 cm³/mol. The Morgan fingerprint density at radius 1 is 1.07 bits per heavy atom. The molecule has 0 radical (unpaired) electrons. The molecule has 3 rings (SSSR count). The van der Waals surface area contributed by atoms with Gasteiger partial charge in [-0.05, 0) is 43.3 Å². The molecule has 0 atom stereocenters. The maximum absolute atomic E-state index is 12.5. The highest BCUT2D eigenvalue weighted by molar-refractivity contribution is 7.99. The zero-order valence-electron chi connectivity index (χ0n) is 15.7. The third-order valence-corrected chi connectivity index (χ3v) is 4.68. The van der Waals surface area contributed by atoms with Gasteiger partial charge in [-0.15, -0.1) is 10.2 Å². The molecule has 3 aromatic rings. The predicted octanol–water partition coefficient (Wildman–Crippen LogP) is 3.80. The lowest BCUT2D eigenvalue weighted by atomic mass is 10.3. The standard InChI is InChI=1S/C20H21N3O4S/c1-3-23(15-7-5-4-6-8-15)19(24)14-28-20-22-21-18(27-20)13-26-17-11-9-16(25-2)10-12-17/h4-12H,3,13-14H2,1-2H3. The van der Waals surface area contributed by atoms with Crippen LogP contribution in [-0.4, -0.2) is 35.5 Å². The number of hydrogen-bond donors (Lipinski definition) is 0. The van der Waals surface area contributed by atoms with Gasteiger partial charge in [0.1, 0.15) is 11.5 Å². The lowest BCUT2D eigenvalue weighted by molar-refractivity contribution is -0.116. The Balaban J connectivity index is 1.50. The molecular formula is C20H21N3O4S. The van der Waals surface area contributed by atoms with Gasteiger partial charge in [-0.2, -0.15) is 0 Å². The Kier molecular flexibility index (Phi) is 6.91. The van der Waals surface area contributed by atoms with E-state index < -0.39 is 0 Å². The number of methoxy groups -OCH3 is 1. The fraction of sp³-hybridized carbons (Fsp3) is 0.250. The Labute approximate surface area is 167 Å². The third-order valence-electron chi connectivity index (χ3n) is 3.87. The van der Waals surface area contributed by atoms with Crippen LogP contribution in [0.3, 0.4) is 0 Å². The van der Waals surface area contributed by atoms with Crippen molar-refractivity contribution in [2.24, 2.45) is 0 Å². The number of rotatable bonds is 9. The second-order valence-corrected chi connectivity index (χ2v) is 6.61. The number of benzene rings is 2. The number of thioether (sulfide) groups is 1. The molecule has 2 aromatic carbocycles. The molecule has 28 heavy (non-hydrogen) atoms. The van der Waals surface area contributed by atoms with Crippen LogP contribution >= 0.6 is 11.8 Å². The zero-order valence-corrected chi connectivity index (χ0v) is 16.5. The first-order valence-electron chi connectivity index (χ1n) is 8.77. The van der Waals surface area contributed by atoms with Crippen LogP contribution < -0.4 is 14.4 Å². The quantitative estimate of drug-likeness (QED) is 0.506. The fourth-order valence-corrected chi connectivity index (χ4v) is 3.14. The zero-order chi connectivity index (χ0) is 19.8. The van der Waals surface area contributed by atoms with Gasteiger partial charge >= 0.3 is 0 Å². The number of carbonyl (C=O) groups is 1. The molecule has 0 saturated carbocycles. The molecule has 1 heterocycles. The van der Waals surface area contributed by atoms with Crippen LogP contribution in [0.5, 0.6) is 11.5 Å². The molecule has 1 amide bonds. The van der Waals surface area contributed by atoms with Gasteiger partial charge in [0.25, 0.3) is 11.1 Å². The van der Waals surface area contributed by atoms with E-state index in [-0.39, 0.29) is 18.3 Å². The van der Waals surface area contributed by atoms with Crippen molar-refractivity contribution in [3.05, 3.63) is 60.5 Å². The summed E-state index contributed by atoms with van der Waals surface area (Å²) in [5.41, 5.74) is 0.870. The average Bonchev–Trinajstić information content (AvgIpc) is 3.20. The van der Waals surface area contributed by atoms with Crippen molar-refractivity contribution in [3.8, 4) is 11.5 Å². The highest BCUT2D eigenvalue weighted by atomic mass is 32.2. The van der Waals surface area contributed by atoms with E-state index in [2.05, 4.69) is 10.2 Å². The molecule has 0 aliphatic rings. The Bertz CT molecular complexity index is 884. The van der Waals surface area contributed by atoms with Crippen molar-refractivity contribution in [1.82, 2.24) is 10.2 Å². The summed E-state index contributed by atoms with van der Waals surface area (Å²) in [6.07, 6.45) is 0. The number of carbonyl (C=O) groups excluding carboxylic acids is 1. The van der Waals surface area contributed by atoms with Crippen molar-refractivity contribution in [2.45, 2.75) is 18.8 Å². The van der Waals surface area contributed by atoms with E-state index in [4.69, 9.17) is 13.9 Å². The van der Waals surface area contributed by atoms with Gasteiger partial charge in [0, 0.05) is 12.2 Å². The van der Waals surface area contributed by atoms with Crippen LogP contribution in [0.25, 0.3) is 0 Å². The average molecular weight is 399 g/mol. The van der Waals surface area contributed by atoms with Crippen LogP contribution in [-0.2, 0) is 11.4 Å². The summed E-state index contributed by atoms with van der Waals surface area (Å²) in [5.74, 6) is 1.97. The minimum Gasteiger partial charge on any atom is -0.497 e. The molecule has 0 aliphatic carbocycles. The number of para-hydroxylation sites is 1. The lowest BCUT2D eigenvalue weighted by Gasteiger charge is -2.20. The Hall–Kier alpha value is -3.00. The number of anilines is 1. The van der Waals surface area contributed by atoms with Gasteiger partial charge in [0.05, 0.1) is 12.9 Å². The molecule has 0 spiro atoms. The minimum absolute atomic E-state index is 0.0204. The van der Waals surface area contributed by atoms with Gasteiger partial charge in [-0.1, -0.05) is 30.0 Å². The number of amides is 1. The van der Waals surface area contributed by atoms with Crippen LogP contribution in [0.4, 0.5) is 5.69 Å².